The number of rotatable bonds is 5. The number of carbonyl (C=O) groups is 1. The minimum absolute atomic E-state index is 0.0476. The average molecular weight is 270 g/mol. The quantitative estimate of drug-likeness (QED) is 0.796. The Morgan fingerprint density at radius 1 is 1.37 bits per heavy atom. The number of nitrogens with one attached hydrogen (secondary N) is 1. The molecule has 0 spiro atoms. The average Bonchev–Trinajstić information content (AvgIpc) is 2.87. The lowest BCUT2D eigenvalue weighted by molar-refractivity contribution is -0.137. The van der Waals surface area contributed by atoms with E-state index in [9.17, 15) is 4.79 Å². The molecule has 3 unspecified atom stereocenters. The van der Waals surface area contributed by atoms with Crippen molar-refractivity contribution >= 4 is 5.91 Å². The largest absolute Gasteiger partial charge is 0.379 e. The summed E-state index contributed by atoms with van der Waals surface area (Å²) in [6.07, 6.45) is 3.63. The van der Waals surface area contributed by atoms with Gasteiger partial charge in [-0.05, 0) is 25.8 Å². The summed E-state index contributed by atoms with van der Waals surface area (Å²) in [6, 6.07) is 0.159. The van der Waals surface area contributed by atoms with Crippen LogP contribution in [0.15, 0.2) is 0 Å². The monoisotopic (exact) mass is 270 g/mol. The molecule has 5 heteroatoms. The Morgan fingerprint density at radius 2 is 2.21 bits per heavy atom. The molecule has 2 aliphatic heterocycles. The van der Waals surface area contributed by atoms with E-state index in [1.807, 2.05) is 11.9 Å². The maximum Gasteiger partial charge on any atom is 0.229 e. The molecule has 1 amide bonds. The first kappa shape index (κ1) is 14.8. The van der Waals surface area contributed by atoms with Gasteiger partial charge >= 0.3 is 0 Å². The molecule has 1 N–H and O–H groups in total. The first-order valence-electron chi connectivity index (χ1n) is 7.40. The zero-order valence-electron chi connectivity index (χ0n) is 12.1. The summed E-state index contributed by atoms with van der Waals surface area (Å²) in [5, 5.41) is 3.33. The lowest BCUT2D eigenvalue weighted by Crippen LogP contribution is -2.46. The van der Waals surface area contributed by atoms with Gasteiger partial charge in [-0.2, -0.15) is 0 Å². The predicted octanol–water partition coefficient (Wildman–Crippen LogP) is 0.638. The molecule has 0 bridgehead atoms. The van der Waals surface area contributed by atoms with E-state index in [2.05, 4.69) is 12.2 Å². The number of carbonyl (C=O) groups excluding carboxylic acids is 1. The van der Waals surface area contributed by atoms with Crippen LogP contribution in [0.5, 0.6) is 0 Å². The molecular formula is C14H26N2O3. The Balaban J connectivity index is 1.83. The van der Waals surface area contributed by atoms with Gasteiger partial charge in [0.1, 0.15) is 0 Å². The first-order chi connectivity index (χ1) is 9.22. The highest BCUT2D eigenvalue weighted by Gasteiger charge is 2.35. The molecule has 0 radical (unpaired) electrons. The summed E-state index contributed by atoms with van der Waals surface area (Å²) in [6.45, 7) is 5.63. The van der Waals surface area contributed by atoms with Crippen LogP contribution in [0.25, 0.3) is 0 Å². The number of amides is 1. The Hall–Kier alpha value is -0.650. The van der Waals surface area contributed by atoms with Crippen LogP contribution in [0.2, 0.25) is 0 Å². The van der Waals surface area contributed by atoms with Gasteiger partial charge in [0.15, 0.2) is 0 Å². The second kappa shape index (κ2) is 7.22. The molecule has 2 fully saturated rings. The van der Waals surface area contributed by atoms with Crippen LogP contribution >= 0.6 is 0 Å². The van der Waals surface area contributed by atoms with E-state index < -0.39 is 0 Å². The van der Waals surface area contributed by atoms with Crippen molar-refractivity contribution in [3.05, 3.63) is 0 Å². The van der Waals surface area contributed by atoms with Crippen molar-refractivity contribution in [3.8, 4) is 0 Å². The minimum Gasteiger partial charge on any atom is -0.379 e. The summed E-state index contributed by atoms with van der Waals surface area (Å²) in [5.74, 6) is 0.131. The second-order valence-electron chi connectivity index (χ2n) is 5.52. The Labute approximate surface area is 115 Å². The summed E-state index contributed by atoms with van der Waals surface area (Å²) in [5.41, 5.74) is 0. The normalized spacial score (nSPS) is 31.4. The van der Waals surface area contributed by atoms with Crippen molar-refractivity contribution in [2.75, 3.05) is 40.0 Å². The summed E-state index contributed by atoms with van der Waals surface area (Å²) >= 11 is 0. The van der Waals surface area contributed by atoms with Crippen molar-refractivity contribution < 1.29 is 14.3 Å². The fourth-order valence-electron chi connectivity index (χ4n) is 2.89. The molecule has 2 rings (SSSR count). The van der Waals surface area contributed by atoms with Gasteiger partial charge in [0.25, 0.3) is 0 Å². The SMILES string of the molecule is CCNC1COCC1C(=O)N(C)CC1CCCCO1. The highest BCUT2D eigenvalue weighted by molar-refractivity contribution is 5.79. The van der Waals surface area contributed by atoms with E-state index >= 15 is 0 Å². The fourth-order valence-corrected chi connectivity index (χ4v) is 2.89. The van der Waals surface area contributed by atoms with E-state index in [0.717, 1.165) is 26.0 Å². The molecule has 5 nitrogen and oxygen atoms in total. The summed E-state index contributed by atoms with van der Waals surface area (Å²) < 4.78 is 11.1. The van der Waals surface area contributed by atoms with Crippen LogP contribution in [-0.4, -0.2) is 62.9 Å². The fraction of sp³-hybridized carbons (Fsp3) is 0.929. The van der Waals surface area contributed by atoms with Crippen LogP contribution in [0.4, 0.5) is 0 Å². The maximum absolute atomic E-state index is 12.5. The number of nitrogens with zero attached hydrogens (tertiary/aromatic N) is 1. The smallest absolute Gasteiger partial charge is 0.229 e. The van der Waals surface area contributed by atoms with Gasteiger partial charge in [-0.15, -0.1) is 0 Å². The van der Waals surface area contributed by atoms with Crippen molar-refractivity contribution in [2.45, 2.75) is 38.3 Å². The lowest BCUT2D eigenvalue weighted by atomic mass is 10.0. The molecule has 0 aromatic carbocycles. The van der Waals surface area contributed by atoms with E-state index in [1.54, 1.807) is 0 Å². The molecule has 19 heavy (non-hydrogen) atoms. The van der Waals surface area contributed by atoms with Crippen LogP contribution in [-0.2, 0) is 14.3 Å². The van der Waals surface area contributed by atoms with Crippen molar-refractivity contribution in [2.24, 2.45) is 5.92 Å². The molecule has 2 heterocycles. The van der Waals surface area contributed by atoms with Gasteiger partial charge in [-0.3, -0.25) is 4.79 Å². The zero-order valence-corrected chi connectivity index (χ0v) is 12.1. The molecule has 0 aromatic rings. The minimum atomic E-state index is -0.0476. The number of likely N-dealkylation sites (N-methyl/N-ethyl adjacent to an activating group) is 2. The van der Waals surface area contributed by atoms with Gasteiger partial charge in [-0.1, -0.05) is 6.92 Å². The maximum atomic E-state index is 12.5. The third-order valence-corrected chi connectivity index (χ3v) is 3.99. The van der Waals surface area contributed by atoms with Crippen molar-refractivity contribution in [3.63, 3.8) is 0 Å². The molecule has 0 saturated carbocycles. The third-order valence-electron chi connectivity index (χ3n) is 3.99. The number of hydrogen-bond donors (Lipinski definition) is 1. The number of hydrogen-bond acceptors (Lipinski definition) is 4. The number of ether oxygens (including phenoxy) is 2. The molecule has 0 aliphatic carbocycles. The van der Waals surface area contributed by atoms with Crippen LogP contribution in [0, 0.1) is 5.92 Å². The topological polar surface area (TPSA) is 50.8 Å². The highest BCUT2D eigenvalue weighted by Crippen LogP contribution is 2.18. The predicted molar refractivity (Wildman–Crippen MR) is 73.0 cm³/mol. The molecular weight excluding hydrogens is 244 g/mol. The molecule has 3 atom stereocenters. The Kier molecular flexibility index (Phi) is 5.60. The molecule has 0 aromatic heterocycles. The van der Waals surface area contributed by atoms with E-state index in [1.165, 1.54) is 6.42 Å². The third kappa shape index (κ3) is 3.91. The molecule has 2 aliphatic rings. The second-order valence-corrected chi connectivity index (χ2v) is 5.52. The first-order valence-corrected chi connectivity index (χ1v) is 7.40. The zero-order chi connectivity index (χ0) is 13.7. The van der Waals surface area contributed by atoms with Crippen LogP contribution < -0.4 is 5.32 Å². The summed E-state index contributed by atoms with van der Waals surface area (Å²) in [7, 11) is 1.88. The van der Waals surface area contributed by atoms with E-state index in [0.29, 0.717) is 19.8 Å². The molecule has 2 saturated heterocycles. The van der Waals surface area contributed by atoms with Gasteiger partial charge in [0.2, 0.25) is 5.91 Å². The summed E-state index contributed by atoms with van der Waals surface area (Å²) in [4.78, 5) is 14.3. The van der Waals surface area contributed by atoms with Crippen molar-refractivity contribution in [1.82, 2.24) is 10.2 Å². The van der Waals surface area contributed by atoms with Gasteiger partial charge < -0.3 is 19.7 Å². The van der Waals surface area contributed by atoms with Gasteiger partial charge in [0.05, 0.1) is 25.2 Å². The van der Waals surface area contributed by atoms with Gasteiger partial charge in [-0.25, -0.2) is 0 Å². The standard InChI is InChI=1S/C14H26N2O3/c1-3-15-13-10-18-9-12(13)14(17)16(2)8-11-6-4-5-7-19-11/h11-13,15H,3-10H2,1-2H3. The van der Waals surface area contributed by atoms with Crippen molar-refractivity contribution in [1.29, 1.82) is 0 Å². The van der Waals surface area contributed by atoms with E-state index in [4.69, 9.17) is 9.47 Å². The Bertz CT molecular complexity index is 292. The van der Waals surface area contributed by atoms with Crippen LogP contribution in [0.1, 0.15) is 26.2 Å². The lowest BCUT2D eigenvalue weighted by Gasteiger charge is -2.30. The molecule has 110 valence electrons. The van der Waals surface area contributed by atoms with E-state index in [-0.39, 0.29) is 24.0 Å². The van der Waals surface area contributed by atoms with Crippen LogP contribution in [0.3, 0.4) is 0 Å². The highest BCUT2D eigenvalue weighted by atomic mass is 16.5. The van der Waals surface area contributed by atoms with Gasteiger partial charge in [0, 0.05) is 26.2 Å². The Morgan fingerprint density at radius 3 is 2.89 bits per heavy atom.